The lowest BCUT2D eigenvalue weighted by molar-refractivity contribution is -0.136. The monoisotopic (exact) mass is 549 g/mol. The Balaban J connectivity index is 1.36. The van der Waals surface area contributed by atoms with Crippen molar-refractivity contribution in [2.75, 3.05) is 13.2 Å². The molecule has 10 heteroatoms. The standard InChI is InChI=1S/C29H31N3O6S/c1-20-23(16-27(38-20)22-6-4-3-5-7-22)13-15-37-26-10-8-21(9-11-29(33)34)25-18-32(14-12-24(25)26)39(35,36)28-17-30-19-31(28)2/h3-8,10,16-17,19H,9,11-15,18H2,1-2H3,(H,33,34). The van der Waals surface area contributed by atoms with E-state index in [0.29, 0.717) is 38.2 Å². The van der Waals surface area contributed by atoms with Crippen LogP contribution in [0.4, 0.5) is 0 Å². The average molecular weight is 550 g/mol. The van der Waals surface area contributed by atoms with Crippen LogP contribution in [0.15, 0.2) is 70.5 Å². The van der Waals surface area contributed by atoms with Gasteiger partial charge in [-0.1, -0.05) is 36.4 Å². The van der Waals surface area contributed by atoms with Crippen LogP contribution in [0.2, 0.25) is 0 Å². The van der Waals surface area contributed by atoms with Gasteiger partial charge >= 0.3 is 5.97 Å². The second kappa shape index (κ2) is 11.1. The number of imidazole rings is 1. The predicted molar refractivity (Wildman–Crippen MR) is 145 cm³/mol. The lowest BCUT2D eigenvalue weighted by Gasteiger charge is -2.31. The van der Waals surface area contributed by atoms with Gasteiger partial charge in [0.25, 0.3) is 10.0 Å². The number of aromatic nitrogens is 2. The summed E-state index contributed by atoms with van der Waals surface area (Å²) in [5, 5.41) is 9.36. The summed E-state index contributed by atoms with van der Waals surface area (Å²) in [6.07, 6.45) is 4.19. The predicted octanol–water partition coefficient (Wildman–Crippen LogP) is 4.37. The molecule has 1 aliphatic heterocycles. The normalized spacial score (nSPS) is 13.8. The molecule has 0 amide bonds. The van der Waals surface area contributed by atoms with Crippen LogP contribution in [0.25, 0.3) is 11.3 Å². The number of fused-ring (bicyclic) bond motifs is 1. The molecular formula is C29H31N3O6S. The van der Waals surface area contributed by atoms with Crippen molar-refractivity contribution in [1.29, 1.82) is 0 Å². The van der Waals surface area contributed by atoms with Crippen LogP contribution in [-0.2, 0) is 47.7 Å². The van der Waals surface area contributed by atoms with Gasteiger partial charge in [0.1, 0.15) is 17.3 Å². The number of sulfonamides is 1. The summed E-state index contributed by atoms with van der Waals surface area (Å²) in [6, 6.07) is 15.7. The van der Waals surface area contributed by atoms with Crippen LogP contribution in [0, 0.1) is 6.92 Å². The highest BCUT2D eigenvalue weighted by molar-refractivity contribution is 7.89. The molecule has 0 aliphatic carbocycles. The highest BCUT2D eigenvalue weighted by Crippen LogP contribution is 2.34. The van der Waals surface area contributed by atoms with Crippen molar-refractivity contribution in [2.24, 2.45) is 7.05 Å². The van der Waals surface area contributed by atoms with Crippen molar-refractivity contribution in [3.8, 4) is 17.1 Å². The molecule has 0 saturated heterocycles. The first kappa shape index (κ1) is 26.7. The van der Waals surface area contributed by atoms with E-state index < -0.39 is 16.0 Å². The van der Waals surface area contributed by atoms with E-state index in [4.69, 9.17) is 9.15 Å². The molecule has 0 radical (unpaired) electrons. The Hall–Kier alpha value is -3.89. The molecule has 39 heavy (non-hydrogen) atoms. The Morgan fingerprint density at radius 3 is 2.62 bits per heavy atom. The molecule has 0 atom stereocenters. The van der Waals surface area contributed by atoms with Crippen LogP contribution in [0.5, 0.6) is 5.75 Å². The van der Waals surface area contributed by atoms with Crippen LogP contribution < -0.4 is 4.74 Å². The molecule has 0 spiro atoms. The van der Waals surface area contributed by atoms with Gasteiger partial charge in [-0.15, -0.1) is 0 Å². The van der Waals surface area contributed by atoms with E-state index in [9.17, 15) is 18.3 Å². The Bertz CT molecular complexity index is 1590. The number of aryl methyl sites for hydroxylation is 3. The molecular weight excluding hydrogens is 518 g/mol. The molecule has 1 N–H and O–H groups in total. The lowest BCUT2D eigenvalue weighted by Crippen LogP contribution is -2.37. The Morgan fingerprint density at radius 1 is 1.10 bits per heavy atom. The first-order chi connectivity index (χ1) is 18.7. The fraction of sp³-hybridized carbons (Fsp3) is 0.310. The van der Waals surface area contributed by atoms with Gasteiger partial charge in [0.05, 0.1) is 19.1 Å². The van der Waals surface area contributed by atoms with Crippen LogP contribution in [-0.4, -0.2) is 46.5 Å². The number of rotatable bonds is 10. The lowest BCUT2D eigenvalue weighted by atomic mass is 9.92. The van der Waals surface area contributed by atoms with E-state index in [0.717, 1.165) is 39.3 Å². The molecule has 0 fully saturated rings. The summed E-state index contributed by atoms with van der Waals surface area (Å²) in [5.41, 5.74) is 4.65. The topological polar surface area (TPSA) is 115 Å². The highest BCUT2D eigenvalue weighted by atomic mass is 32.2. The molecule has 204 valence electrons. The van der Waals surface area contributed by atoms with Crippen molar-refractivity contribution in [3.05, 3.63) is 89.1 Å². The molecule has 9 nitrogen and oxygen atoms in total. The van der Waals surface area contributed by atoms with E-state index in [1.165, 1.54) is 21.4 Å². The van der Waals surface area contributed by atoms with Crippen molar-refractivity contribution in [3.63, 3.8) is 0 Å². The fourth-order valence-corrected chi connectivity index (χ4v) is 6.51. The summed E-state index contributed by atoms with van der Waals surface area (Å²) in [5.74, 6) is 1.47. The number of benzene rings is 2. The first-order valence-corrected chi connectivity index (χ1v) is 14.3. The number of nitrogens with zero attached hydrogens (tertiary/aromatic N) is 3. The number of furan rings is 1. The SMILES string of the molecule is Cc1oc(-c2ccccc2)cc1CCOc1ccc(CCC(=O)O)c2c1CCN(S(=O)(=O)c1cncn1C)C2. The van der Waals surface area contributed by atoms with E-state index >= 15 is 0 Å². The van der Waals surface area contributed by atoms with Gasteiger partial charge < -0.3 is 18.8 Å². The Morgan fingerprint density at radius 2 is 1.90 bits per heavy atom. The Labute approximate surface area is 227 Å². The summed E-state index contributed by atoms with van der Waals surface area (Å²) < 4.78 is 41.8. The zero-order chi connectivity index (χ0) is 27.6. The van der Waals surface area contributed by atoms with Gasteiger partial charge in [0.2, 0.25) is 0 Å². The summed E-state index contributed by atoms with van der Waals surface area (Å²) >= 11 is 0. The molecule has 0 saturated carbocycles. The third kappa shape index (κ3) is 5.62. The molecule has 2 aromatic heterocycles. The van der Waals surface area contributed by atoms with Gasteiger partial charge in [-0.2, -0.15) is 4.31 Å². The minimum Gasteiger partial charge on any atom is -0.493 e. The Kier molecular flexibility index (Phi) is 7.58. The van der Waals surface area contributed by atoms with Gasteiger partial charge in [-0.25, -0.2) is 13.4 Å². The smallest absolute Gasteiger partial charge is 0.303 e. The minimum absolute atomic E-state index is 0.0371. The second-order valence-electron chi connectivity index (χ2n) is 9.66. The van der Waals surface area contributed by atoms with Crippen molar-refractivity contribution in [1.82, 2.24) is 13.9 Å². The molecule has 0 unspecified atom stereocenters. The number of aliphatic carboxylic acids is 1. The van der Waals surface area contributed by atoms with Gasteiger partial charge in [0, 0.05) is 44.1 Å². The zero-order valence-electron chi connectivity index (χ0n) is 22.0. The van der Waals surface area contributed by atoms with Crippen molar-refractivity contribution in [2.45, 2.75) is 44.2 Å². The molecule has 2 aromatic carbocycles. The van der Waals surface area contributed by atoms with Gasteiger partial charge in [0.15, 0.2) is 5.03 Å². The largest absolute Gasteiger partial charge is 0.493 e. The van der Waals surface area contributed by atoms with Crippen LogP contribution in [0.1, 0.15) is 34.4 Å². The molecule has 4 aromatic rings. The summed E-state index contributed by atoms with van der Waals surface area (Å²) in [6.45, 7) is 2.81. The number of carboxylic acids is 1. The van der Waals surface area contributed by atoms with Crippen LogP contribution in [0.3, 0.4) is 0 Å². The number of hydrogen-bond donors (Lipinski definition) is 1. The van der Waals surface area contributed by atoms with E-state index in [1.54, 1.807) is 7.05 Å². The minimum atomic E-state index is -3.77. The van der Waals surface area contributed by atoms with Gasteiger partial charge in [-0.3, -0.25) is 4.79 Å². The third-order valence-electron chi connectivity index (χ3n) is 7.12. The first-order valence-electron chi connectivity index (χ1n) is 12.8. The van der Waals surface area contributed by atoms with E-state index in [2.05, 4.69) is 4.98 Å². The fourth-order valence-electron chi connectivity index (χ4n) is 5.01. The van der Waals surface area contributed by atoms with Crippen molar-refractivity contribution >= 4 is 16.0 Å². The number of carbonyl (C=O) groups is 1. The van der Waals surface area contributed by atoms with E-state index in [1.807, 2.05) is 55.5 Å². The molecule has 5 rings (SSSR count). The quantitative estimate of drug-likeness (QED) is 0.312. The van der Waals surface area contributed by atoms with Crippen LogP contribution >= 0.6 is 0 Å². The molecule has 3 heterocycles. The highest BCUT2D eigenvalue weighted by Gasteiger charge is 2.32. The average Bonchev–Trinajstić information content (AvgIpc) is 3.53. The number of carboxylic acid groups (broad SMARTS) is 1. The van der Waals surface area contributed by atoms with Gasteiger partial charge in [-0.05, 0) is 48.6 Å². The second-order valence-corrected chi connectivity index (χ2v) is 11.5. The summed E-state index contributed by atoms with van der Waals surface area (Å²) in [4.78, 5) is 15.2. The molecule has 0 bridgehead atoms. The maximum Gasteiger partial charge on any atom is 0.303 e. The zero-order valence-corrected chi connectivity index (χ0v) is 22.8. The number of ether oxygens (including phenoxy) is 1. The summed E-state index contributed by atoms with van der Waals surface area (Å²) in [7, 11) is -2.12. The maximum absolute atomic E-state index is 13.3. The molecule has 1 aliphatic rings. The third-order valence-corrected chi connectivity index (χ3v) is 9.04. The van der Waals surface area contributed by atoms with Crippen molar-refractivity contribution < 1.29 is 27.5 Å². The number of hydrogen-bond acceptors (Lipinski definition) is 6. The maximum atomic E-state index is 13.3. The van der Waals surface area contributed by atoms with E-state index in [-0.39, 0.29) is 18.0 Å².